The molecule has 0 aromatic heterocycles. The molecule has 0 saturated carbocycles. The van der Waals surface area contributed by atoms with Crippen LogP contribution in [-0.4, -0.2) is 23.6 Å². The molecule has 168 valence electrons. The number of carbonyl (C=O) groups is 2. The number of fused-ring (bicyclic) bond motifs is 1. The number of carbonyl (C=O) groups excluding carboxylic acids is 2. The van der Waals surface area contributed by atoms with Gasteiger partial charge in [-0.25, -0.2) is 0 Å². The maximum absolute atomic E-state index is 12.2. The SMILES string of the molecule is CCOc1cc(/C=C2\SC(NC(C)=O)=NC2=O)cc(Cl)c1OCc1cccc2ccccc12. The molecule has 0 unspecified atom stereocenters. The van der Waals surface area contributed by atoms with E-state index in [4.69, 9.17) is 21.1 Å². The van der Waals surface area contributed by atoms with Crippen molar-refractivity contribution in [1.82, 2.24) is 5.32 Å². The van der Waals surface area contributed by atoms with Crippen LogP contribution in [0.4, 0.5) is 0 Å². The Bertz CT molecular complexity index is 1300. The molecule has 0 spiro atoms. The van der Waals surface area contributed by atoms with Crippen molar-refractivity contribution in [3.05, 3.63) is 75.7 Å². The van der Waals surface area contributed by atoms with Gasteiger partial charge >= 0.3 is 0 Å². The molecule has 0 radical (unpaired) electrons. The van der Waals surface area contributed by atoms with Gasteiger partial charge in [0.05, 0.1) is 16.5 Å². The Morgan fingerprint density at radius 2 is 1.94 bits per heavy atom. The fourth-order valence-corrected chi connectivity index (χ4v) is 4.54. The fraction of sp³-hybridized carbons (Fsp3) is 0.160. The molecule has 0 fully saturated rings. The van der Waals surface area contributed by atoms with Crippen molar-refractivity contribution in [1.29, 1.82) is 0 Å². The van der Waals surface area contributed by atoms with Crippen molar-refractivity contribution in [3.8, 4) is 11.5 Å². The van der Waals surface area contributed by atoms with E-state index in [-0.39, 0.29) is 11.1 Å². The molecular formula is C25H21ClN2O4S. The third kappa shape index (κ3) is 5.38. The number of nitrogens with one attached hydrogen (secondary N) is 1. The highest BCUT2D eigenvalue weighted by Crippen LogP contribution is 2.39. The highest BCUT2D eigenvalue weighted by molar-refractivity contribution is 8.18. The number of nitrogens with zero attached hydrogens (tertiary/aromatic N) is 1. The summed E-state index contributed by atoms with van der Waals surface area (Å²) in [4.78, 5) is 27.6. The molecule has 8 heteroatoms. The summed E-state index contributed by atoms with van der Waals surface area (Å²) < 4.78 is 11.9. The van der Waals surface area contributed by atoms with Crippen molar-refractivity contribution < 1.29 is 19.1 Å². The van der Waals surface area contributed by atoms with Crippen LogP contribution < -0.4 is 14.8 Å². The van der Waals surface area contributed by atoms with Crippen molar-refractivity contribution in [2.75, 3.05) is 6.61 Å². The first kappa shape index (κ1) is 22.9. The van der Waals surface area contributed by atoms with Crippen LogP contribution in [-0.2, 0) is 16.2 Å². The van der Waals surface area contributed by atoms with E-state index in [0.29, 0.717) is 40.2 Å². The van der Waals surface area contributed by atoms with Crippen LogP contribution in [0.15, 0.2) is 64.5 Å². The number of amides is 2. The molecule has 0 bridgehead atoms. The van der Waals surface area contributed by atoms with Crippen LogP contribution in [0.2, 0.25) is 5.02 Å². The molecule has 2 amide bonds. The molecule has 1 aliphatic heterocycles. The molecule has 1 aliphatic rings. The Labute approximate surface area is 200 Å². The van der Waals surface area contributed by atoms with Crippen LogP contribution in [0.25, 0.3) is 16.8 Å². The lowest BCUT2D eigenvalue weighted by Gasteiger charge is -2.15. The van der Waals surface area contributed by atoms with E-state index in [2.05, 4.69) is 28.5 Å². The maximum atomic E-state index is 12.2. The summed E-state index contributed by atoms with van der Waals surface area (Å²) >= 11 is 7.66. The first-order valence-electron chi connectivity index (χ1n) is 10.3. The number of ether oxygens (including phenoxy) is 2. The maximum Gasteiger partial charge on any atom is 0.286 e. The lowest BCUT2D eigenvalue weighted by Crippen LogP contribution is -2.23. The highest BCUT2D eigenvalue weighted by Gasteiger charge is 2.23. The summed E-state index contributed by atoms with van der Waals surface area (Å²) in [5.74, 6) is 0.212. The van der Waals surface area contributed by atoms with Gasteiger partial charge in [-0.3, -0.25) is 9.59 Å². The number of aliphatic imine (C=N–C) groups is 1. The molecule has 3 aromatic rings. The van der Waals surface area contributed by atoms with Crippen LogP contribution in [0, 0.1) is 0 Å². The number of rotatable bonds is 6. The summed E-state index contributed by atoms with van der Waals surface area (Å²) in [7, 11) is 0. The molecule has 0 atom stereocenters. The molecule has 1 N–H and O–H groups in total. The van der Waals surface area contributed by atoms with Crippen LogP contribution >= 0.6 is 23.4 Å². The highest BCUT2D eigenvalue weighted by atomic mass is 35.5. The van der Waals surface area contributed by atoms with Gasteiger partial charge in [0.2, 0.25) is 5.91 Å². The van der Waals surface area contributed by atoms with Gasteiger partial charge in [-0.2, -0.15) is 4.99 Å². The number of hydrogen-bond donors (Lipinski definition) is 1. The summed E-state index contributed by atoms with van der Waals surface area (Å²) in [6, 6.07) is 17.7. The average molecular weight is 481 g/mol. The molecule has 0 aliphatic carbocycles. The number of benzene rings is 3. The molecule has 3 aromatic carbocycles. The van der Waals surface area contributed by atoms with Crippen LogP contribution in [0.5, 0.6) is 11.5 Å². The van der Waals surface area contributed by atoms with E-state index in [1.165, 1.54) is 6.92 Å². The molecule has 6 nitrogen and oxygen atoms in total. The van der Waals surface area contributed by atoms with E-state index < -0.39 is 5.91 Å². The monoisotopic (exact) mass is 480 g/mol. The van der Waals surface area contributed by atoms with Crippen molar-refractivity contribution in [2.24, 2.45) is 4.99 Å². The summed E-state index contributed by atoms with van der Waals surface area (Å²) in [5.41, 5.74) is 1.70. The summed E-state index contributed by atoms with van der Waals surface area (Å²) in [6.45, 7) is 3.98. The molecule has 0 saturated heterocycles. The predicted molar refractivity (Wildman–Crippen MR) is 133 cm³/mol. The third-order valence-electron chi connectivity index (χ3n) is 4.78. The quantitative estimate of drug-likeness (QED) is 0.466. The van der Waals surface area contributed by atoms with Gasteiger partial charge in [0, 0.05) is 6.92 Å². The van der Waals surface area contributed by atoms with Crippen molar-refractivity contribution in [3.63, 3.8) is 0 Å². The zero-order chi connectivity index (χ0) is 23.4. The molecule has 4 rings (SSSR count). The van der Waals surface area contributed by atoms with E-state index in [1.54, 1.807) is 18.2 Å². The topological polar surface area (TPSA) is 77.0 Å². The number of halogens is 1. The number of amidine groups is 1. The number of thioether (sulfide) groups is 1. The summed E-state index contributed by atoms with van der Waals surface area (Å²) in [5, 5.41) is 5.40. The predicted octanol–water partition coefficient (Wildman–Crippen LogP) is 5.58. The number of hydrogen-bond acceptors (Lipinski definition) is 5. The standard InChI is InChI=1S/C25H21ClN2O4S/c1-3-31-21-12-16(13-22-24(30)28-25(33-22)27-15(2)29)11-20(26)23(21)32-14-18-9-6-8-17-7-4-5-10-19(17)18/h4-13H,3,14H2,1-2H3,(H,27,28,29,30)/b22-13-. The van der Waals surface area contributed by atoms with Gasteiger partial charge in [0.25, 0.3) is 5.91 Å². The minimum Gasteiger partial charge on any atom is -0.490 e. The Morgan fingerprint density at radius 3 is 2.73 bits per heavy atom. The Kier molecular flexibility index (Phi) is 7.01. The Balaban J connectivity index is 1.59. The lowest BCUT2D eigenvalue weighted by atomic mass is 10.1. The van der Waals surface area contributed by atoms with Gasteiger partial charge in [0.1, 0.15) is 6.61 Å². The van der Waals surface area contributed by atoms with Gasteiger partial charge in [-0.1, -0.05) is 54.1 Å². The average Bonchev–Trinajstić information content (AvgIpc) is 3.11. The lowest BCUT2D eigenvalue weighted by molar-refractivity contribution is -0.117. The summed E-state index contributed by atoms with van der Waals surface area (Å²) in [6.07, 6.45) is 1.66. The zero-order valence-corrected chi connectivity index (χ0v) is 19.6. The molecule has 33 heavy (non-hydrogen) atoms. The van der Waals surface area contributed by atoms with E-state index >= 15 is 0 Å². The van der Waals surface area contributed by atoms with E-state index in [9.17, 15) is 9.59 Å². The first-order chi connectivity index (χ1) is 15.9. The van der Waals surface area contributed by atoms with E-state index in [1.807, 2.05) is 31.2 Å². The molecular weight excluding hydrogens is 460 g/mol. The van der Waals surface area contributed by atoms with Gasteiger partial charge in [-0.05, 0) is 58.8 Å². The largest absolute Gasteiger partial charge is 0.490 e. The van der Waals surface area contributed by atoms with Gasteiger partial charge in [-0.15, -0.1) is 0 Å². The smallest absolute Gasteiger partial charge is 0.286 e. The Morgan fingerprint density at radius 1 is 1.15 bits per heavy atom. The van der Waals surface area contributed by atoms with E-state index in [0.717, 1.165) is 28.1 Å². The third-order valence-corrected chi connectivity index (χ3v) is 5.96. The second kappa shape index (κ2) is 10.1. The van der Waals surface area contributed by atoms with Gasteiger partial charge in [0.15, 0.2) is 16.7 Å². The van der Waals surface area contributed by atoms with Crippen LogP contribution in [0.1, 0.15) is 25.0 Å². The fourth-order valence-electron chi connectivity index (χ4n) is 3.41. The van der Waals surface area contributed by atoms with Crippen molar-refractivity contribution >= 4 is 57.2 Å². The minimum absolute atomic E-state index is 0.255. The second-order valence-corrected chi connectivity index (χ2v) is 8.64. The Hall–Kier alpha value is -3.29. The first-order valence-corrected chi connectivity index (χ1v) is 11.5. The normalized spacial score (nSPS) is 14.5. The van der Waals surface area contributed by atoms with Crippen LogP contribution in [0.3, 0.4) is 0 Å². The minimum atomic E-state index is -0.422. The molecule has 1 heterocycles. The second-order valence-electron chi connectivity index (χ2n) is 7.20. The van der Waals surface area contributed by atoms with Gasteiger partial charge < -0.3 is 14.8 Å². The van der Waals surface area contributed by atoms with Crippen molar-refractivity contribution in [2.45, 2.75) is 20.5 Å². The zero-order valence-electron chi connectivity index (χ0n) is 18.1.